The van der Waals surface area contributed by atoms with E-state index < -0.39 is 0 Å². The van der Waals surface area contributed by atoms with Gasteiger partial charge in [0.1, 0.15) is 12.0 Å². The second-order valence-electron chi connectivity index (χ2n) is 14.4. The van der Waals surface area contributed by atoms with Gasteiger partial charge in [0.25, 0.3) is 0 Å². The van der Waals surface area contributed by atoms with Gasteiger partial charge in [-0.2, -0.15) is 0 Å². The molecule has 5 heteroatoms. The van der Waals surface area contributed by atoms with Crippen molar-refractivity contribution < 1.29 is 0 Å². The summed E-state index contributed by atoms with van der Waals surface area (Å²) in [4.78, 5) is 10.6. The Balaban J connectivity index is 1.32. The van der Waals surface area contributed by atoms with E-state index in [4.69, 9.17) is 15.7 Å². The van der Waals surface area contributed by atoms with Crippen molar-refractivity contribution in [2.24, 2.45) is 9.98 Å². The van der Waals surface area contributed by atoms with E-state index in [9.17, 15) is 0 Å². The Kier molecular flexibility index (Phi) is 7.93. The van der Waals surface area contributed by atoms with Crippen LogP contribution < -0.4 is 16.4 Å². The third kappa shape index (κ3) is 5.57. The minimum Gasteiger partial charge on any atom is -0.397 e. The molecule has 53 heavy (non-hydrogen) atoms. The fourth-order valence-corrected chi connectivity index (χ4v) is 8.18. The first-order valence-corrected chi connectivity index (χ1v) is 18.3. The van der Waals surface area contributed by atoms with Crippen LogP contribution in [0.3, 0.4) is 0 Å². The molecule has 258 valence electrons. The van der Waals surface area contributed by atoms with Crippen molar-refractivity contribution in [1.29, 1.82) is 0 Å². The van der Waals surface area contributed by atoms with E-state index >= 15 is 0 Å². The van der Waals surface area contributed by atoms with Gasteiger partial charge in [0.15, 0.2) is 5.84 Å². The van der Waals surface area contributed by atoms with E-state index in [2.05, 4.69) is 146 Å². The SMILES string of the molecule is C/C=C\c1cc(-c2cc(C3=NC(c4ccccc4)NC(c4ccccc4)=N3)cc(-c3cccc4c3-c3ccccc3C4(C)C)c2)c2c(c1N)NCC=C2. The van der Waals surface area contributed by atoms with Gasteiger partial charge in [0.05, 0.1) is 11.4 Å². The molecule has 6 aromatic carbocycles. The Labute approximate surface area is 311 Å². The van der Waals surface area contributed by atoms with Crippen molar-refractivity contribution in [3.8, 4) is 33.4 Å². The lowest BCUT2D eigenvalue weighted by Crippen LogP contribution is -2.33. The number of nitrogens with zero attached hydrogens (tertiary/aromatic N) is 2. The van der Waals surface area contributed by atoms with E-state index in [0.29, 0.717) is 5.84 Å². The van der Waals surface area contributed by atoms with Crippen LogP contribution in [0.1, 0.15) is 65.9 Å². The number of aliphatic imine (C=N–C) groups is 2. The lowest BCUT2D eigenvalue weighted by atomic mass is 9.82. The van der Waals surface area contributed by atoms with Crippen molar-refractivity contribution in [2.75, 3.05) is 17.6 Å². The summed E-state index contributed by atoms with van der Waals surface area (Å²) in [7, 11) is 0. The second kappa shape index (κ2) is 12.9. The molecule has 0 spiro atoms. The van der Waals surface area contributed by atoms with E-state index in [1.165, 1.54) is 27.8 Å². The fraction of sp³-hybridized carbons (Fsp3) is 0.125. The number of hydrogen-bond acceptors (Lipinski definition) is 5. The highest BCUT2D eigenvalue weighted by molar-refractivity contribution is 6.14. The minimum absolute atomic E-state index is 0.118. The van der Waals surface area contributed by atoms with Crippen molar-refractivity contribution >= 4 is 35.2 Å². The summed E-state index contributed by atoms with van der Waals surface area (Å²) in [5.74, 6) is 1.47. The predicted octanol–water partition coefficient (Wildman–Crippen LogP) is 10.9. The smallest absolute Gasteiger partial charge is 0.159 e. The second-order valence-corrected chi connectivity index (χ2v) is 14.4. The standard InChI is InChI=1S/C48H41N5/c1-4-15-32-29-39(37-22-14-25-50-44(37)43(32)49)34-26-33(36-21-13-24-41-42(36)38-20-11-12-23-40(38)48(41,2)3)27-35(28-34)47-52-45(30-16-7-5-8-17-30)51-46(53-47)31-18-9-6-10-19-31/h4-24,26-29,45,50H,25,49H2,1-3H3,(H,51,52,53)/b15-4-. The molecule has 4 N–H and O–H groups in total. The normalized spacial score (nSPS) is 16.5. The molecular weight excluding hydrogens is 647 g/mol. The lowest BCUT2D eigenvalue weighted by Gasteiger charge is -2.25. The number of allylic oxidation sites excluding steroid dienone is 1. The molecule has 0 radical (unpaired) electrons. The highest BCUT2D eigenvalue weighted by Gasteiger charge is 2.36. The topological polar surface area (TPSA) is 74.8 Å². The number of rotatable bonds is 6. The summed E-state index contributed by atoms with van der Waals surface area (Å²) >= 11 is 0. The molecule has 0 fully saturated rings. The molecule has 0 saturated carbocycles. The Morgan fingerprint density at radius 1 is 0.717 bits per heavy atom. The first-order chi connectivity index (χ1) is 25.9. The molecule has 1 aliphatic carbocycles. The Hall–Kier alpha value is -6.46. The molecule has 2 aliphatic heterocycles. The maximum Gasteiger partial charge on any atom is 0.159 e. The fourth-order valence-electron chi connectivity index (χ4n) is 8.18. The Morgan fingerprint density at radius 2 is 1.40 bits per heavy atom. The zero-order valence-electron chi connectivity index (χ0n) is 30.2. The van der Waals surface area contributed by atoms with E-state index in [1.54, 1.807) is 0 Å². The summed E-state index contributed by atoms with van der Waals surface area (Å²) in [6.45, 7) is 7.42. The maximum atomic E-state index is 6.79. The van der Waals surface area contributed by atoms with Crippen LogP contribution in [0.15, 0.2) is 150 Å². The minimum atomic E-state index is -0.308. The number of nitrogen functional groups attached to an aromatic ring is 1. The predicted molar refractivity (Wildman–Crippen MR) is 223 cm³/mol. The summed E-state index contributed by atoms with van der Waals surface area (Å²) < 4.78 is 0. The van der Waals surface area contributed by atoms with Crippen molar-refractivity contribution in [3.05, 3.63) is 178 Å². The highest BCUT2D eigenvalue weighted by atomic mass is 15.2. The van der Waals surface area contributed by atoms with Crippen LogP contribution in [0.5, 0.6) is 0 Å². The maximum absolute atomic E-state index is 6.79. The van der Waals surface area contributed by atoms with Crippen molar-refractivity contribution in [3.63, 3.8) is 0 Å². The third-order valence-corrected chi connectivity index (χ3v) is 10.8. The van der Waals surface area contributed by atoms with Crippen LogP contribution in [-0.2, 0) is 5.41 Å². The molecule has 1 atom stereocenters. The van der Waals surface area contributed by atoms with Crippen LogP contribution in [0.4, 0.5) is 11.4 Å². The van der Waals surface area contributed by atoms with Crippen LogP contribution in [0.25, 0.3) is 45.5 Å². The number of benzene rings is 6. The van der Waals surface area contributed by atoms with Crippen molar-refractivity contribution in [2.45, 2.75) is 32.4 Å². The molecule has 0 amide bonds. The van der Waals surface area contributed by atoms with Gasteiger partial charge in [-0.05, 0) is 86.8 Å². The molecule has 9 rings (SSSR count). The van der Waals surface area contributed by atoms with Gasteiger partial charge in [0.2, 0.25) is 0 Å². The first-order valence-electron chi connectivity index (χ1n) is 18.3. The lowest BCUT2D eigenvalue weighted by molar-refractivity contribution is 0.660. The average Bonchev–Trinajstić information content (AvgIpc) is 3.45. The van der Waals surface area contributed by atoms with Crippen molar-refractivity contribution in [1.82, 2.24) is 5.32 Å². The van der Waals surface area contributed by atoms with Gasteiger partial charge in [0, 0.05) is 28.7 Å². The van der Waals surface area contributed by atoms with Crippen LogP contribution in [-0.4, -0.2) is 18.2 Å². The van der Waals surface area contributed by atoms with Gasteiger partial charge in [-0.15, -0.1) is 0 Å². The van der Waals surface area contributed by atoms with E-state index in [1.807, 2.05) is 37.3 Å². The number of nitrogens with one attached hydrogen (secondary N) is 2. The molecule has 3 aliphatic rings. The van der Waals surface area contributed by atoms with E-state index in [-0.39, 0.29) is 11.6 Å². The molecular formula is C48H41N5. The Bertz CT molecular complexity index is 2520. The number of nitrogens with two attached hydrogens (primary N) is 1. The quantitative estimate of drug-likeness (QED) is 0.153. The van der Waals surface area contributed by atoms with Gasteiger partial charge < -0.3 is 16.4 Å². The van der Waals surface area contributed by atoms with Crippen LogP contribution in [0.2, 0.25) is 0 Å². The summed E-state index contributed by atoms with van der Waals surface area (Å²) in [6.07, 6.45) is 8.18. The molecule has 0 saturated heterocycles. The zero-order valence-corrected chi connectivity index (χ0v) is 30.2. The van der Waals surface area contributed by atoms with Gasteiger partial charge in [-0.25, -0.2) is 9.98 Å². The molecule has 1 unspecified atom stereocenters. The summed E-state index contributed by atoms with van der Waals surface area (Å²) in [5.41, 5.74) is 23.2. The molecule has 0 bridgehead atoms. The number of anilines is 2. The monoisotopic (exact) mass is 687 g/mol. The average molecular weight is 688 g/mol. The summed E-state index contributed by atoms with van der Waals surface area (Å²) in [6, 6.07) is 45.4. The van der Waals surface area contributed by atoms with Gasteiger partial charge >= 0.3 is 0 Å². The van der Waals surface area contributed by atoms with Gasteiger partial charge in [-0.3, -0.25) is 0 Å². The zero-order chi connectivity index (χ0) is 36.1. The molecule has 2 heterocycles. The van der Waals surface area contributed by atoms with Crippen LogP contribution in [0, 0.1) is 0 Å². The number of fused-ring (bicyclic) bond motifs is 4. The number of amidine groups is 2. The first kappa shape index (κ1) is 32.4. The molecule has 0 aromatic heterocycles. The van der Waals surface area contributed by atoms with Crippen LogP contribution >= 0.6 is 0 Å². The van der Waals surface area contributed by atoms with E-state index in [0.717, 1.165) is 68.3 Å². The third-order valence-electron chi connectivity index (χ3n) is 10.8. The summed E-state index contributed by atoms with van der Waals surface area (Å²) in [5, 5.41) is 7.19. The highest BCUT2D eigenvalue weighted by Crippen LogP contribution is 2.52. The number of hydrogen-bond donors (Lipinski definition) is 3. The molecule has 5 nitrogen and oxygen atoms in total. The molecule has 6 aromatic rings. The largest absolute Gasteiger partial charge is 0.397 e. The van der Waals surface area contributed by atoms with Gasteiger partial charge in [-0.1, -0.05) is 141 Å². The Morgan fingerprint density at radius 3 is 2.19 bits per heavy atom.